The molecule has 0 saturated heterocycles. The summed E-state index contributed by atoms with van der Waals surface area (Å²) in [6.07, 6.45) is 12.3. The number of carboxylic acid groups (broad SMARTS) is 2. The van der Waals surface area contributed by atoms with Crippen molar-refractivity contribution in [3.63, 3.8) is 0 Å². The number of allylic oxidation sites excluding steroid dienone is 4. The molecule has 2 aromatic rings. The Morgan fingerprint density at radius 2 is 0.973 bits per heavy atom. The molecule has 37 heavy (non-hydrogen) atoms. The lowest BCUT2D eigenvalue weighted by atomic mass is 9.78. The van der Waals surface area contributed by atoms with Gasteiger partial charge in [-0.15, -0.1) is 0 Å². The van der Waals surface area contributed by atoms with E-state index in [1.165, 1.54) is 0 Å². The lowest BCUT2D eigenvalue weighted by Crippen LogP contribution is -2.18. The van der Waals surface area contributed by atoms with E-state index in [1.54, 1.807) is 24.3 Å². The minimum atomic E-state index is -0.614. The maximum atomic E-state index is 10.6. The topological polar surface area (TPSA) is 115 Å². The van der Waals surface area contributed by atoms with Crippen molar-refractivity contribution in [3.05, 3.63) is 84.0 Å². The summed E-state index contributed by atoms with van der Waals surface area (Å²) in [7, 11) is 0. The maximum absolute atomic E-state index is 10.6. The Hall–Kier alpha value is -3.54. The maximum Gasteiger partial charge on any atom is 0.307 e. The molecule has 2 fully saturated rings. The second kappa shape index (κ2) is 10.8. The van der Waals surface area contributed by atoms with Crippen LogP contribution in [0.5, 0.6) is 11.5 Å². The summed E-state index contributed by atoms with van der Waals surface area (Å²) < 4.78 is 0. The van der Waals surface area contributed by atoms with E-state index in [0.29, 0.717) is 23.7 Å². The van der Waals surface area contributed by atoms with Crippen molar-refractivity contribution in [2.75, 3.05) is 0 Å². The van der Waals surface area contributed by atoms with Crippen LogP contribution in [0.4, 0.5) is 0 Å². The fraction of sp³-hybridized carbons (Fsp3) is 0.419. The van der Waals surface area contributed by atoms with Crippen molar-refractivity contribution in [1.29, 1.82) is 0 Å². The summed E-state index contributed by atoms with van der Waals surface area (Å²) in [6, 6.07) is 14.4. The molecule has 6 heteroatoms. The van der Waals surface area contributed by atoms with E-state index in [1.807, 2.05) is 24.3 Å². The number of hydrogen-bond acceptors (Lipinski definition) is 4. The van der Waals surface area contributed by atoms with Crippen LogP contribution in [0, 0.1) is 35.5 Å². The van der Waals surface area contributed by atoms with Crippen molar-refractivity contribution in [1.82, 2.24) is 0 Å². The third kappa shape index (κ3) is 6.07. The molecule has 4 aliphatic rings. The van der Waals surface area contributed by atoms with Crippen LogP contribution in [0.15, 0.2) is 72.8 Å². The molecular formula is C31H36O6. The standard InChI is InChI=1S/C15H16O2.2C8H10O2/c1-15(2,11-3-7-13(16)8-4-11)12-5-9-14(17)10-6-12;2*9-8(10)7-4-5-1-2-6(7)3-5/h3-10,16-17H,1-2H3;2*1-2,5-7H,3-4H2,(H,9,10). The molecule has 6 unspecified atom stereocenters. The third-order valence-corrected chi connectivity index (χ3v) is 8.37. The largest absolute Gasteiger partial charge is 0.508 e. The molecule has 6 rings (SSSR count). The van der Waals surface area contributed by atoms with E-state index in [9.17, 15) is 19.8 Å². The quantitative estimate of drug-likeness (QED) is 0.380. The highest BCUT2D eigenvalue weighted by atomic mass is 16.4. The van der Waals surface area contributed by atoms with Crippen molar-refractivity contribution in [3.8, 4) is 11.5 Å². The molecule has 4 bridgehead atoms. The SMILES string of the molecule is CC(C)(c1ccc(O)cc1)c1ccc(O)cc1.O=C(O)C1CC2C=CC1C2.O=C(O)C1CC2C=CC1C2. The van der Waals surface area contributed by atoms with Gasteiger partial charge >= 0.3 is 11.9 Å². The third-order valence-electron chi connectivity index (χ3n) is 8.37. The first-order chi connectivity index (χ1) is 17.5. The summed E-state index contributed by atoms with van der Waals surface area (Å²) in [5.41, 5.74) is 2.10. The molecular weight excluding hydrogens is 468 g/mol. The van der Waals surface area contributed by atoms with Gasteiger partial charge in [-0.05, 0) is 84.7 Å². The number of carboxylic acids is 2. The summed E-state index contributed by atoms with van der Waals surface area (Å²) >= 11 is 0. The van der Waals surface area contributed by atoms with E-state index >= 15 is 0 Å². The monoisotopic (exact) mass is 504 g/mol. The molecule has 4 aliphatic carbocycles. The fourth-order valence-corrected chi connectivity index (χ4v) is 6.05. The van der Waals surface area contributed by atoms with Gasteiger partial charge in [-0.3, -0.25) is 9.59 Å². The van der Waals surface area contributed by atoms with Crippen molar-refractivity contribution < 1.29 is 30.0 Å². The van der Waals surface area contributed by atoms with Crippen LogP contribution in [0.1, 0.15) is 50.7 Å². The van der Waals surface area contributed by atoms with Gasteiger partial charge in [-0.1, -0.05) is 62.4 Å². The Morgan fingerprint density at radius 3 is 1.19 bits per heavy atom. The van der Waals surface area contributed by atoms with Crippen molar-refractivity contribution >= 4 is 11.9 Å². The average molecular weight is 505 g/mol. The Morgan fingerprint density at radius 1 is 0.622 bits per heavy atom. The average Bonchev–Trinajstić information content (AvgIpc) is 3.68. The number of benzene rings is 2. The predicted octanol–water partition coefficient (Wildman–Crippen LogP) is 5.99. The molecule has 6 atom stereocenters. The van der Waals surface area contributed by atoms with Crippen LogP contribution < -0.4 is 0 Å². The van der Waals surface area contributed by atoms with E-state index in [2.05, 4.69) is 38.2 Å². The zero-order valence-electron chi connectivity index (χ0n) is 21.3. The predicted molar refractivity (Wildman–Crippen MR) is 141 cm³/mol. The van der Waals surface area contributed by atoms with Gasteiger partial charge in [-0.2, -0.15) is 0 Å². The molecule has 4 N–H and O–H groups in total. The van der Waals surface area contributed by atoms with Crippen LogP contribution in [0.2, 0.25) is 0 Å². The van der Waals surface area contributed by atoms with E-state index in [4.69, 9.17) is 10.2 Å². The smallest absolute Gasteiger partial charge is 0.307 e. The molecule has 2 aromatic carbocycles. The van der Waals surface area contributed by atoms with Gasteiger partial charge in [0.25, 0.3) is 0 Å². The first kappa shape index (κ1) is 26.5. The molecule has 2 saturated carbocycles. The molecule has 0 amide bonds. The van der Waals surface area contributed by atoms with Crippen LogP contribution in [-0.2, 0) is 15.0 Å². The van der Waals surface area contributed by atoms with Gasteiger partial charge in [0.1, 0.15) is 11.5 Å². The number of carbonyl (C=O) groups is 2. The second-order valence-corrected chi connectivity index (χ2v) is 11.2. The number of fused-ring (bicyclic) bond motifs is 4. The van der Waals surface area contributed by atoms with Gasteiger partial charge in [0.2, 0.25) is 0 Å². The molecule has 196 valence electrons. The molecule has 0 heterocycles. The van der Waals surface area contributed by atoms with Crippen LogP contribution in [-0.4, -0.2) is 32.4 Å². The summed E-state index contributed by atoms with van der Waals surface area (Å²) in [5, 5.41) is 36.0. The normalized spacial score (nSPS) is 28.3. The van der Waals surface area contributed by atoms with Gasteiger partial charge in [0.15, 0.2) is 0 Å². The molecule has 0 radical (unpaired) electrons. The van der Waals surface area contributed by atoms with Gasteiger partial charge < -0.3 is 20.4 Å². The highest BCUT2D eigenvalue weighted by Gasteiger charge is 2.40. The Kier molecular flexibility index (Phi) is 7.76. The van der Waals surface area contributed by atoms with E-state index in [-0.39, 0.29) is 28.7 Å². The molecule has 0 spiro atoms. The molecule has 0 aliphatic heterocycles. The summed E-state index contributed by atoms with van der Waals surface area (Å²) in [5.74, 6) is 1.02. The van der Waals surface area contributed by atoms with Crippen LogP contribution in [0.25, 0.3) is 0 Å². The number of rotatable bonds is 4. The number of hydrogen-bond donors (Lipinski definition) is 4. The van der Waals surface area contributed by atoms with Gasteiger partial charge in [-0.25, -0.2) is 0 Å². The van der Waals surface area contributed by atoms with E-state index in [0.717, 1.165) is 36.8 Å². The first-order valence-electron chi connectivity index (χ1n) is 13.0. The van der Waals surface area contributed by atoms with E-state index < -0.39 is 11.9 Å². The Labute approximate surface area is 218 Å². The lowest BCUT2D eigenvalue weighted by molar-refractivity contribution is -0.143. The summed E-state index contributed by atoms with van der Waals surface area (Å²) in [6.45, 7) is 4.23. The second-order valence-electron chi connectivity index (χ2n) is 11.2. The van der Waals surface area contributed by atoms with Crippen molar-refractivity contribution in [2.24, 2.45) is 35.5 Å². The zero-order valence-corrected chi connectivity index (χ0v) is 21.3. The highest BCUT2D eigenvalue weighted by molar-refractivity contribution is 5.72. The number of phenolic OH excluding ortho intramolecular Hbond substituents is 2. The number of aromatic hydroxyl groups is 2. The molecule has 6 nitrogen and oxygen atoms in total. The Bertz CT molecular complexity index is 1070. The number of aliphatic carboxylic acids is 2. The van der Waals surface area contributed by atoms with Gasteiger partial charge in [0.05, 0.1) is 11.8 Å². The van der Waals surface area contributed by atoms with Crippen molar-refractivity contribution in [2.45, 2.75) is 44.9 Å². The first-order valence-corrected chi connectivity index (χ1v) is 13.0. The fourth-order valence-electron chi connectivity index (χ4n) is 6.05. The number of phenols is 2. The zero-order chi connectivity index (χ0) is 26.7. The van der Waals surface area contributed by atoms with Crippen LogP contribution in [0.3, 0.4) is 0 Å². The summed E-state index contributed by atoms with van der Waals surface area (Å²) in [4.78, 5) is 21.1. The highest BCUT2D eigenvalue weighted by Crippen LogP contribution is 2.44. The van der Waals surface area contributed by atoms with Crippen LogP contribution >= 0.6 is 0 Å². The lowest BCUT2D eigenvalue weighted by Gasteiger charge is -2.26. The minimum absolute atomic E-state index is 0.0741. The van der Waals surface area contributed by atoms with Gasteiger partial charge in [0, 0.05) is 5.41 Å². The minimum Gasteiger partial charge on any atom is -0.508 e. The molecule has 0 aromatic heterocycles. The Balaban J connectivity index is 0.000000137.